The van der Waals surface area contributed by atoms with Gasteiger partial charge in [0.2, 0.25) is 11.8 Å². The van der Waals surface area contributed by atoms with Crippen molar-refractivity contribution in [2.75, 3.05) is 32.7 Å². The highest BCUT2D eigenvalue weighted by atomic mass is 16.2. The first-order valence-corrected chi connectivity index (χ1v) is 18.7. The predicted octanol–water partition coefficient (Wildman–Crippen LogP) is 8.59. The molecular weight excluding hydrogens is 590 g/mol. The Morgan fingerprint density at radius 2 is 1.31 bits per heavy atom. The monoisotopic (exact) mass is 647 g/mol. The summed E-state index contributed by atoms with van der Waals surface area (Å²) in [6.07, 6.45) is 17.8. The van der Waals surface area contributed by atoms with Crippen LogP contribution in [0.3, 0.4) is 0 Å². The van der Waals surface area contributed by atoms with Crippen LogP contribution in [0.5, 0.6) is 0 Å². The Hall–Kier alpha value is -3.70. The van der Waals surface area contributed by atoms with E-state index in [9.17, 15) is 9.59 Å². The number of piperidine rings is 1. The predicted molar refractivity (Wildman–Crippen MR) is 198 cm³/mol. The third-order valence-corrected chi connectivity index (χ3v) is 10.4. The first-order chi connectivity index (χ1) is 23.6. The van der Waals surface area contributed by atoms with Gasteiger partial charge >= 0.3 is 0 Å². The summed E-state index contributed by atoms with van der Waals surface area (Å²) in [5.41, 5.74) is 4.36. The zero-order valence-corrected chi connectivity index (χ0v) is 29.0. The molecule has 256 valence electrons. The molecule has 0 spiro atoms. The molecule has 1 saturated heterocycles. The maximum absolute atomic E-state index is 13.6. The van der Waals surface area contributed by atoms with Crippen LogP contribution < -0.4 is 10.6 Å². The molecule has 2 amide bonds. The van der Waals surface area contributed by atoms with Crippen LogP contribution in [0.15, 0.2) is 103 Å². The Labute approximate surface area is 289 Å². The standard InChI is InChI=1S/C43H57N3O2/c47-41(45-33-37-22-19-31-46(35-37)34-36-20-9-3-1-2-4-10-21-36)29-17-8-18-30-44-42(48)32-43(38-23-11-5-12-24-38,39-25-13-6-14-26-39)40-27-15-7-16-28-40/h5-7,11-16,20,23-28,37H,1-4,8-10,17-19,21-22,29-35H2,(H,44,48)(H,45,47). The summed E-state index contributed by atoms with van der Waals surface area (Å²) in [6.45, 7) is 4.80. The van der Waals surface area contributed by atoms with Crippen LogP contribution in [0.2, 0.25) is 0 Å². The average Bonchev–Trinajstić information content (AvgIpc) is 3.26. The lowest BCUT2D eigenvalue weighted by Gasteiger charge is -2.35. The number of nitrogens with one attached hydrogen (secondary N) is 2. The van der Waals surface area contributed by atoms with Gasteiger partial charge in [-0.05, 0) is 80.5 Å². The molecule has 1 atom stereocenters. The fourth-order valence-electron chi connectivity index (χ4n) is 7.77. The smallest absolute Gasteiger partial charge is 0.221 e. The second kappa shape index (κ2) is 19.3. The number of nitrogens with zero attached hydrogens (tertiary/aromatic N) is 1. The molecule has 5 nitrogen and oxygen atoms in total. The molecule has 5 rings (SSSR count). The zero-order chi connectivity index (χ0) is 33.3. The van der Waals surface area contributed by atoms with E-state index in [0.717, 1.165) is 55.6 Å². The highest BCUT2D eigenvalue weighted by molar-refractivity contribution is 5.80. The molecule has 3 aromatic carbocycles. The first-order valence-electron chi connectivity index (χ1n) is 18.7. The van der Waals surface area contributed by atoms with Gasteiger partial charge < -0.3 is 10.6 Å². The summed E-state index contributed by atoms with van der Waals surface area (Å²) in [4.78, 5) is 28.9. The summed E-state index contributed by atoms with van der Waals surface area (Å²) < 4.78 is 0. The number of hydrogen-bond acceptors (Lipinski definition) is 3. The fraction of sp³-hybridized carbons (Fsp3) is 0.488. The maximum atomic E-state index is 13.6. The molecule has 1 heterocycles. The van der Waals surface area contributed by atoms with Crippen molar-refractivity contribution >= 4 is 11.8 Å². The number of benzene rings is 3. The van der Waals surface area contributed by atoms with Crippen molar-refractivity contribution in [1.82, 2.24) is 15.5 Å². The van der Waals surface area contributed by atoms with Crippen LogP contribution >= 0.6 is 0 Å². The minimum absolute atomic E-state index is 0.0344. The van der Waals surface area contributed by atoms with Crippen molar-refractivity contribution in [2.24, 2.45) is 5.92 Å². The summed E-state index contributed by atoms with van der Waals surface area (Å²) in [7, 11) is 0. The van der Waals surface area contributed by atoms with Gasteiger partial charge in [-0.3, -0.25) is 14.5 Å². The van der Waals surface area contributed by atoms with Gasteiger partial charge in [0.25, 0.3) is 0 Å². The molecule has 0 bridgehead atoms. The Morgan fingerprint density at radius 1 is 0.688 bits per heavy atom. The van der Waals surface area contributed by atoms with Crippen LogP contribution in [0.4, 0.5) is 0 Å². The van der Waals surface area contributed by atoms with Crippen molar-refractivity contribution in [3.8, 4) is 0 Å². The SMILES string of the molecule is O=C(CCCCCNC(=O)CC(c1ccccc1)(c1ccccc1)c1ccccc1)NCC1CCCN(CC2=CCCCCCCC2)C1. The van der Waals surface area contributed by atoms with E-state index in [-0.39, 0.29) is 11.8 Å². The minimum atomic E-state index is -0.591. The Bertz CT molecular complexity index is 1310. The molecule has 1 aliphatic carbocycles. The number of likely N-dealkylation sites (tertiary alicyclic amines) is 1. The number of carbonyl (C=O) groups excluding carboxylic acids is 2. The largest absolute Gasteiger partial charge is 0.356 e. The second-order valence-electron chi connectivity index (χ2n) is 14.1. The molecule has 1 unspecified atom stereocenters. The number of amides is 2. The Balaban J connectivity index is 1.03. The van der Waals surface area contributed by atoms with Crippen LogP contribution in [-0.2, 0) is 15.0 Å². The molecular formula is C43H57N3O2. The number of unbranched alkanes of at least 4 members (excludes halogenated alkanes) is 2. The molecule has 3 aromatic rings. The van der Waals surface area contributed by atoms with Gasteiger partial charge in [0.1, 0.15) is 0 Å². The van der Waals surface area contributed by atoms with Crippen molar-refractivity contribution in [1.29, 1.82) is 0 Å². The van der Waals surface area contributed by atoms with Crippen LogP contribution in [-0.4, -0.2) is 49.4 Å². The lowest BCUT2D eigenvalue weighted by molar-refractivity contribution is -0.122. The summed E-state index contributed by atoms with van der Waals surface area (Å²) in [5, 5.41) is 6.43. The molecule has 5 heteroatoms. The van der Waals surface area contributed by atoms with Crippen LogP contribution in [0.1, 0.15) is 107 Å². The van der Waals surface area contributed by atoms with Gasteiger partial charge in [0.05, 0.1) is 5.41 Å². The molecule has 2 aliphatic rings. The van der Waals surface area contributed by atoms with Gasteiger partial charge in [-0.1, -0.05) is 128 Å². The second-order valence-corrected chi connectivity index (χ2v) is 14.1. The van der Waals surface area contributed by atoms with Crippen molar-refractivity contribution in [3.63, 3.8) is 0 Å². The van der Waals surface area contributed by atoms with E-state index in [2.05, 4.69) is 58.0 Å². The lowest BCUT2D eigenvalue weighted by atomic mass is 9.67. The number of rotatable bonds is 15. The highest BCUT2D eigenvalue weighted by Crippen LogP contribution is 2.42. The number of carbonyl (C=O) groups is 2. The van der Waals surface area contributed by atoms with E-state index in [0.29, 0.717) is 25.3 Å². The van der Waals surface area contributed by atoms with Crippen molar-refractivity contribution in [3.05, 3.63) is 119 Å². The molecule has 0 saturated carbocycles. The average molecular weight is 648 g/mol. The van der Waals surface area contributed by atoms with E-state index >= 15 is 0 Å². The zero-order valence-electron chi connectivity index (χ0n) is 29.0. The number of allylic oxidation sites excluding steroid dienone is 1. The fourth-order valence-corrected chi connectivity index (χ4v) is 7.77. The van der Waals surface area contributed by atoms with E-state index in [1.807, 2.05) is 54.6 Å². The maximum Gasteiger partial charge on any atom is 0.221 e. The summed E-state index contributed by atoms with van der Waals surface area (Å²) >= 11 is 0. The van der Waals surface area contributed by atoms with E-state index in [1.54, 1.807) is 5.57 Å². The van der Waals surface area contributed by atoms with Crippen molar-refractivity contribution < 1.29 is 9.59 Å². The van der Waals surface area contributed by atoms with Gasteiger partial charge in [-0.2, -0.15) is 0 Å². The van der Waals surface area contributed by atoms with Crippen molar-refractivity contribution in [2.45, 2.75) is 95.3 Å². The van der Waals surface area contributed by atoms with E-state index in [1.165, 1.54) is 64.3 Å². The van der Waals surface area contributed by atoms with Gasteiger partial charge in [-0.25, -0.2) is 0 Å². The topological polar surface area (TPSA) is 61.4 Å². The molecule has 2 N–H and O–H groups in total. The quantitative estimate of drug-likeness (QED) is 0.0987. The first kappa shape index (κ1) is 35.6. The van der Waals surface area contributed by atoms with E-state index in [4.69, 9.17) is 0 Å². The van der Waals surface area contributed by atoms with E-state index < -0.39 is 5.41 Å². The minimum Gasteiger partial charge on any atom is -0.356 e. The lowest BCUT2D eigenvalue weighted by Crippen LogP contribution is -2.41. The summed E-state index contributed by atoms with van der Waals surface area (Å²) in [6, 6.07) is 31.1. The number of hydrogen-bond donors (Lipinski definition) is 2. The van der Waals surface area contributed by atoms with Gasteiger partial charge in [-0.15, -0.1) is 0 Å². The Morgan fingerprint density at radius 3 is 1.98 bits per heavy atom. The molecule has 48 heavy (non-hydrogen) atoms. The third-order valence-electron chi connectivity index (χ3n) is 10.4. The molecule has 0 radical (unpaired) electrons. The van der Waals surface area contributed by atoms with Crippen LogP contribution in [0, 0.1) is 5.92 Å². The normalized spacial score (nSPS) is 17.8. The Kier molecular flexibility index (Phi) is 14.3. The molecule has 1 fully saturated rings. The highest BCUT2D eigenvalue weighted by Gasteiger charge is 2.38. The molecule has 0 aromatic heterocycles. The van der Waals surface area contributed by atoms with Gasteiger partial charge in [0, 0.05) is 39.0 Å². The van der Waals surface area contributed by atoms with Crippen LogP contribution in [0.25, 0.3) is 0 Å². The van der Waals surface area contributed by atoms with Gasteiger partial charge in [0.15, 0.2) is 0 Å². The molecule has 1 aliphatic heterocycles. The summed E-state index contributed by atoms with van der Waals surface area (Å²) in [5.74, 6) is 0.741. The third kappa shape index (κ3) is 10.7.